The maximum atomic E-state index is 12.2. The minimum Gasteiger partial charge on any atom is -1.00 e. The number of ether oxygens (including phenoxy) is 3. The molecule has 7 rings (SSSR count). The van der Waals surface area contributed by atoms with Crippen LogP contribution >= 0.6 is 0 Å². The van der Waals surface area contributed by atoms with Crippen LogP contribution in [0.5, 0.6) is 0 Å². The van der Waals surface area contributed by atoms with Crippen LogP contribution in [-0.4, -0.2) is 107 Å². The van der Waals surface area contributed by atoms with Crippen molar-refractivity contribution in [3.63, 3.8) is 0 Å². The predicted octanol–water partition coefficient (Wildman–Crippen LogP) is 1.14. The van der Waals surface area contributed by atoms with E-state index < -0.39 is 17.3 Å². The van der Waals surface area contributed by atoms with Gasteiger partial charge in [-0.3, -0.25) is 14.4 Å². The third kappa shape index (κ3) is 18.5. The number of amides is 2. The Hall–Kier alpha value is -2.80. The fraction of sp³-hybridized carbons (Fsp3) is 0.531. The molecule has 3 aliphatic heterocycles. The molecule has 3 aromatic rings. The number of aliphatic hydroxyl groups is 1. The molecule has 1 aliphatic carbocycles. The number of piperidine rings is 2. The summed E-state index contributed by atoms with van der Waals surface area (Å²) in [5.74, 6) is 0.682. The van der Waals surface area contributed by atoms with Crippen molar-refractivity contribution in [1.29, 1.82) is 10.5 Å². The van der Waals surface area contributed by atoms with Crippen LogP contribution in [0.4, 0.5) is 9.59 Å². The number of allylic oxidation sites excluding steroid dienone is 1. The van der Waals surface area contributed by atoms with Crippen molar-refractivity contribution < 1.29 is 158 Å². The molecule has 2 aromatic carbocycles. The molecule has 0 spiro atoms. The summed E-state index contributed by atoms with van der Waals surface area (Å²) in [7, 11) is 0. The van der Waals surface area contributed by atoms with Gasteiger partial charge in [0.25, 0.3) is 6.47 Å². The number of hydrogen-bond donors (Lipinski definition) is 1. The second kappa shape index (κ2) is 28.8. The van der Waals surface area contributed by atoms with E-state index in [1.165, 1.54) is 0 Å². The van der Waals surface area contributed by atoms with Crippen LogP contribution in [0.3, 0.4) is 0 Å². The molecule has 0 saturated carbocycles. The van der Waals surface area contributed by atoms with Gasteiger partial charge in [0.05, 0.1) is 31.4 Å². The SMILES string of the molecule is C.CC(C)(C)OC(=O)N1CCC(C2CO2)CC1.Cc1c(C=O)ccc2c1C=C(C#N)C2.Cc1c(C=O)ccc2c1cc(C#N)n2CC(O)C1CCN(C(=O)OC(C)(C)C)CC1.O=CO[O-].[H-].[K+].[K+]. The average molecular weight is 978 g/mol. The second-order valence-electron chi connectivity index (χ2n) is 18.3. The van der Waals surface area contributed by atoms with Gasteiger partial charge in [-0.2, -0.15) is 10.5 Å². The van der Waals surface area contributed by atoms with Crippen molar-refractivity contribution in [3.8, 4) is 12.1 Å². The molecule has 2 amide bonds. The fourth-order valence-corrected chi connectivity index (χ4v) is 7.93. The van der Waals surface area contributed by atoms with Crippen LogP contribution < -0.4 is 108 Å². The molecule has 1 N–H and O–H groups in total. The Bertz CT molecular complexity index is 2270. The quantitative estimate of drug-likeness (QED) is 0.115. The van der Waals surface area contributed by atoms with Gasteiger partial charge in [0, 0.05) is 60.2 Å². The minimum absolute atomic E-state index is 0. The largest absolute Gasteiger partial charge is 1.00 e. The third-order valence-electron chi connectivity index (χ3n) is 11.5. The summed E-state index contributed by atoms with van der Waals surface area (Å²) in [6, 6.07) is 13.4. The van der Waals surface area contributed by atoms with E-state index in [2.05, 4.69) is 17.0 Å². The minimum atomic E-state index is -0.639. The normalized spacial score (nSPS) is 16.7. The van der Waals surface area contributed by atoms with Gasteiger partial charge in [-0.15, -0.1) is 0 Å². The maximum Gasteiger partial charge on any atom is 1.00 e. The van der Waals surface area contributed by atoms with Gasteiger partial charge < -0.3 is 45.3 Å². The van der Waals surface area contributed by atoms with E-state index in [0.717, 1.165) is 83.8 Å². The summed E-state index contributed by atoms with van der Waals surface area (Å²) in [5.41, 5.74) is 6.44. The van der Waals surface area contributed by atoms with Crippen LogP contribution in [0.2, 0.25) is 0 Å². The molecule has 1 aromatic heterocycles. The number of carbonyl (C=O) groups is 5. The number of epoxide rings is 1. The first kappa shape index (κ1) is 62.2. The van der Waals surface area contributed by atoms with Crippen LogP contribution in [0.15, 0.2) is 35.9 Å². The summed E-state index contributed by atoms with van der Waals surface area (Å²) in [4.78, 5) is 60.7. The smallest absolute Gasteiger partial charge is 1.00 e. The van der Waals surface area contributed by atoms with E-state index in [9.17, 15) is 29.5 Å². The van der Waals surface area contributed by atoms with Crippen molar-refractivity contribution in [1.82, 2.24) is 14.4 Å². The zero-order chi connectivity index (χ0) is 47.4. The molecule has 0 bridgehead atoms. The number of carbonyl (C=O) groups excluding carboxylic acids is 5. The molecule has 3 fully saturated rings. The molecule has 2 atom stereocenters. The summed E-state index contributed by atoms with van der Waals surface area (Å²) < 4.78 is 17.9. The molecule has 2 unspecified atom stereocenters. The van der Waals surface area contributed by atoms with E-state index >= 15 is 0 Å². The number of aromatic nitrogens is 1. The molecule has 3 saturated heterocycles. The first-order chi connectivity index (χ1) is 30.3. The van der Waals surface area contributed by atoms with Crippen LogP contribution in [0, 0.1) is 48.3 Å². The number of nitriles is 2. The summed E-state index contributed by atoms with van der Waals surface area (Å²) in [6.07, 6.45) is 7.02. The van der Waals surface area contributed by atoms with Gasteiger partial charge in [-0.25, -0.2) is 9.59 Å². The predicted molar refractivity (Wildman–Crippen MR) is 242 cm³/mol. The topological polar surface area (TPSA) is 228 Å². The second-order valence-corrected chi connectivity index (χ2v) is 18.3. The Balaban J connectivity index is 0.00000100. The van der Waals surface area contributed by atoms with E-state index in [1.54, 1.807) is 17.0 Å². The molecule has 67 heavy (non-hydrogen) atoms. The van der Waals surface area contributed by atoms with Gasteiger partial charge in [0.15, 0.2) is 0 Å². The van der Waals surface area contributed by atoms with Crippen molar-refractivity contribution in [2.45, 2.75) is 125 Å². The van der Waals surface area contributed by atoms with Crippen LogP contribution in [0.1, 0.15) is 125 Å². The first-order valence-corrected chi connectivity index (χ1v) is 21.4. The maximum absolute atomic E-state index is 12.2. The van der Waals surface area contributed by atoms with Gasteiger partial charge in [0.1, 0.15) is 35.5 Å². The average Bonchev–Trinajstić information content (AvgIpc) is 3.93. The third-order valence-corrected chi connectivity index (χ3v) is 11.5. The molecule has 18 heteroatoms. The zero-order valence-corrected chi connectivity index (χ0v) is 46.3. The van der Waals surface area contributed by atoms with E-state index in [4.69, 9.17) is 29.5 Å². The number of nitrogens with zero attached hydrogens (tertiary/aromatic N) is 5. The van der Waals surface area contributed by atoms with E-state index in [0.29, 0.717) is 67.7 Å². The van der Waals surface area contributed by atoms with Crippen LogP contribution in [-0.2, 0) is 36.9 Å². The number of rotatable bonds is 7. The van der Waals surface area contributed by atoms with Crippen LogP contribution in [0.25, 0.3) is 17.0 Å². The Morgan fingerprint density at radius 2 is 1.36 bits per heavy atom. The Labute approximate surface area is 481 Å². The molecule has 4 aliphatic rings. The van der Waals surface area contributed by atoms with Crippen molar-refractivity contribution in [2.75, 3.05) is 32.8 Å². The van der Waals surface area contributed by atoms with E-state index in [-0.39, 0.29) is 136 Å². The fourth-order valence-electron chi connectivity index (χ4n) is 7.93. The van der Waals surface area contributed by atoms with Crippen molar-refractivity contribution in [3.05, 3.63) is 75.0 Å². The number of hydrogen-bond acceptors (Lipinski definition) is 13. The van der Waals surface area contributed by atoms with Gasteiger partial charge in [-0.1, -0.05) is 19.6 Å². The first-order valence-electron chi connectivity index (χ1n) is 21.4. The summed E-state index contributed by atoms with van der Waals surface area (Å²) in [6.45, 7) is 18.7. The van der Waals surface area contributed by atoms with Gasteiger partial charge >= 0.3 is 115 Å². The number of aryl methyl sites for hydroxylation is 1. The number of fused-ring (bicyclic) bond motifs is 2. The number of likely N-dealkylation sites (tertiary alicyclic amines) is 2. The van der Waals surface area contributed by atoms with Crippen molar-refractivity contribution >= 4 is 48.2 Å². The molecule has 0 radical (unpaired) electrons. The molecular weight excluding hydrogens is 913 g/mol. The van der Waals surface area contributed by atoms with Crippen molar-refractivity contribution in [2.24, 2.45) is 11.8 Å². The number of benzene rings is 2. The molecule has 354 valence electrons. The standard InChI is InChI=1S/C23H29N3O4.C12H21NO3.C12H9NO.CH2O3.CH4.2K.H/c1-15-17(14-27)5-6-20-19(15)11-18(12-24)26(20)13-21(28)16-7-9-25(10-8-16)22(29)30-23(2,3)4;1-12(2,3)16-11(14)13-6-4-9(5-7-13)10-8-15-10;1-8-11(7-14)3-2-10-4-9(6-13)5-12(8)10;2-1-4-3;;;;/h5-6,11,14,16,21,28H,7-10,13H2,1-4H3;9-10H,4-8H2,1-3H3;2-3,5,7H,4H2,1H3;1,3H;1H4;;;/q;;;;;2*+1;-1/p-1. The van der Waals surface area contributed by atoms with Gasteiger partial charge in [0.2, 0.25) is 0 Å². The van der Waals surface area contributed by atoms with E-state index in [1.807, 2.05) is 89.1 Å². The zero-order valence-electron chi connectivity index (χ0n) is 41.0. The molecular formula is C49H65K2N5O11. The monoisotopic (exact) mass is 977 g/mol. The Morgan fingerprint density at radius 3 is 1.81 bits per heavy atom. The Kier molecular flexibility index (Phi) is 26.7. The number of aldehydes is 2. The Morgan fingerprint density at radius 1 is 0.866 bits per heavy atom. The molecule has 16 nitrogen and oxygen atoms in total. The summed E-state index contributed by atoms with van der Waals surface area (Å²) in [5, 5.41) is 38.5. The number of aliphatic hydroxyl groups excluding tert-OH is 1. The van der Waals surface area contributed by atoms with Gasteiger partial charge in [-0.05, 0) is 139 Å². The summed E-state index contributed by atoms with van der Waals surface area (Å²) >= 11 is 0. The molecule has 4 heterocycles.